The monoisotopic (exact) mass is 233 g/mol. The lowest BCUT2D eigenvalue weighted by atomic mass is 10.4. The van der Waals surface area contributed by atoms with Gasteiger partial charge in [0.25, 0.3) is 0 Å². The number of hydrogen-bond donors (Lipinski definition) is 1. The van der Waals surface area contributed by atoms with Crippen LogP contribution in [0.25, 0.3) is 11.0 Å². The number of nitrogens with zero attached hydrogens (tertiary/aromatic N) is 2. The minimum absolute atomic E-state index is 0.389. The van der Waals surface area contributed by atoms with E-state index in [1.54, 1.807) is 6.20 Å². The van der Waals surface area contributed by atoms with Gasteiger partial charge < -0.3 is 4.98 Å². The van der Waals surface area contributed by atoms with E-state index in [1.807, 2.05) is 6.26 Å². The number of H-pyrrole nitrogens is 1. The molecule has 2 rings (SSSR count). The average Bonchev–Trinajstić information content (AvgIpc) is 2.48. The van der Waals surface area contributed by atoms with Crippen LogP contribution in [0, 0.1) is 0 Å². The summed E-state index contributed by atoms with van der Waals surface area (Å²) in [6, 6.07) is 0. The molecule has 2 aromatic rings. The van der Waals surface area contributed by atoms with Crippen molar-refractivity contribution >= 4 is 46.0 Å². The number of hydrogen-bond acceptors (Lipinski definition) is 3. The van der Waals surface area contributed by atoms with Crippen molar-refractivity contribution in [2.75, 3.05) is 6.26 Å². The maximum Gasteiger partial charge on any atom is 0.190 e. The second-order valence-electron chi connectivity index (χ2n) is 2.36. The van der Waals surface area contributed by atoms with Crippen LogP contribution < -0.4 is 0 Å². The molecule has 0 amide bonds. The standard InChI is InChI=1S/C7H5Cl2N3S/c1-13-7-11-5(9)4-3(8)2-10-6(4)12-7/h2H,1H3,(H,10,11,12). The van der Waals surface area contributed by atoms with Crippen LogP contribution in [-0.2, 0) is 0 Å². The summed E-state index contributed by atoms with van der Waals surface area (Å²) < 4.78 is 0. The number of rotatable bonds is 1. The Morgan fingerprint density at radius 3 is 2.85 bits per heavy atom. The molecule has 0 saturated heterocycles. The molecule has 0 atom stereocenters. The van der Waals surface area contributed by atoms with Crippen molar-refractivity contribution in [1.29, 1.82) is 0 Å². The van der Waals surface area contributed by atoms with E-state index in [0.717, 1.165) is 0 Å². The molecule has 0 aliphatic carbocycles. The highest BCUT2D eigenvalue weighted by Gasteiger charge is 2.09. The molecule has 1 N–H and O–H groups in total. The Kier molecular flexibility index (Phi) is 2.36. The van der Waals surface area contributed by atoms with Crippen LogP contribution in [0.3, 0.4) is 0 Å². The predicted octanol–water partition coefficient (Wildman–Crippen LogP) is 2.99. The molecule has 68 valence electrons. The Bertz CT molecular complexity index is 454. The van der Waals surface area contributed by atoms with Crippen LogP contribution in [0.2, 0.25) is 10.2 Å². The van der Waals surface area contributed by atoms with Crippen molar-refractivity contribution < 1.29 is 0 Å². The van der Waals surface area contributed by atoms with Crippen molar-refractivity contribution in [1.82, 2.24) is 15.0 Å². The van der Waals surface area contributed by atoms with E-state index in [1.165, 1.54) is 11.8 Å². The summed E-state index contributed by atoms with van der Waals surface area (Å²) in [5.41, 5.74) is 0.675. The lowest BCUT2D eigenvalue weighted by molar-refractivity contribution is 0.999. The molecular formula is C7H5Cl2N3S. The molecule has 6 heteroatoms. The summed E-state index contributed by atoms with van der Waals surface area (Å²) in [5.74, 6) is 0. The van der Waals surface area contributed by atoms with Gasteiger partial charge in [-0.1, -0.05) is 35.0 Å². The molecule has 0 spiro atoms. The Labute approximate surface area is 88.9 Å². The van der Waals surface area contributed by atoms with Gasteiger partial charge in [-0.3, -0.25) is 0 Å². The number of aromatic nitrogens is 3. The molecule has 0 saturated carbocycles. The van der Waals surface area contributed by atoms with Gasteiger partial charge in [-0.05, 0) is 6.26 Å². The molecule has 0 radical (unpaired) electrons. The maximum atomic E-state index is 5.92. The van der Waals surface area contributed by atoms with Crippen LogP contribution in [-0.4, -0.2) is 21.2 Å². The molecule has 0 bridgehead atoms. The fraction of sp³-hybridized carbons (Fsp3) is 0.143. The Morgan fingerprint density at radius 1 is 1.38 bits per heavy atom. The van der Waals surface area contributed by atoms with Gasteiger partial charge in [-0.25, -0.2) is 9.97 Å². The van der Waals surface area contributed by atoms with Crippen molar-refractivity contribution in [3.63, 3.8) is 0 Å². The molecule has 0 aliphatic rings. The third-order valence-corrected chi connectivity index (χ3v) is 2.72. The third-order valence-electron chi connectivity index (χ3n) is 1.60. The molecular weight excluding hydrogens is 229 g/mol. The molecule has 0 aliphatic heterocycles. The van der Waals surface area contributed by atoms with E-state index in [4.69, 9.17) is 23.2 Å². The van der Waals surface area contributed by atoms with Crippen LogP contribution in [0.5, 0.6) is 0 Å². The van der Waals surface area contributed by atoms with Gasteiger partial charge in [0.2, 0.25) is 0 Å². The molecule has 0 aromatic carbocycles. The third kappa shape index (κ3) is 1.49. The zero-order valence-corrected chi connectivity index (χ0v) is 8.96. The summed E-state index contributed by atoms with van der Waals surface area (Å²) in [6.45, 7) is 0. The van der Waals surface area contributed by atoms with Gasteiger partial charge >= 0.3 is 0 Å². The Morgan fingerprint density at radius 2 is 2.15 bits per heavy atom. The van der Waals surface area contributed by atoms with Crippen molar-refractivity contribution in [2.24, 2.45) is 0 Å². The first kappa shape index (κ1) is 9.12. The van der Waals surface area contributed by atoms with Gasteiger partial charge in [-0.2, -0.15) is 0 Å². The zero-order valence-electron chi connectivity index (χ0n) is 6.64. The van der Waals surface area contributed by atoms with Gasteiger partial charge in [-0.15, -0.1) is 0 Å². The molecule has 0 fully saturated rings. The van der Waals surface area contributed by atoms with Crippen LogP contribution in [0.4, 0.5) is 0 Å². The quantitative estimate of drug-likeness (QED) is 0.468. The first-order chi connectivity index (χ1) is 6.22. The maximum absolute atomic E-state index is 5.92. The minimum atomic E-state index is 0.389. The SMILES string of the molecule is CSc1nc(Cl)c2c(Cl)c[nH]c2n1. The van der Waals surface area contributed by atoms with Crippen LogP contribution in [0.1, 0.15) is 0 Å². The molecule has 2 heterocycles. The summed E-state index contributed by atoms with van der Waals surface area (Å²) >= 11 is 13.2. The fourth-order valence-electron chi connectivity index (χ4n) is 1.03. The van der Waals surface area contributed by atoms with E-state index >= 15 is 0 Å². The van der Waals surface area contributed by atoms with Gasteiger partial charge in [0, 0.05) is 6.20 Å². The summed E-state index contributed by atoms with van der Waals surface area (Å²) in [7, 11) is 0. The molecule has 2 aromatic heterocycles. The number of thioether (sulfide) groups is 1. The second kappa shape index (κ2) is 3.36. The topological polar surface area (TPSA) is 41.6 Å². The first-order valence-corrected chi connectivity index (χ1v) is 5.44. The highest BCUT2D eigenvalue weighted by Crippen LogP contribution is 2.28. The second-order valence-corrected chi connectivity index (χ2v) is 3.90. The molecule has 3 nitrogen and oxygen atoms in total. The van der Waals surface area contributed by atoms with Gasteiger partial charge in [0.05, 0.1) is 10.4 Å². The van der Waals surface area contributed by atoms with Crippen molar-refractivity contribution in [2.45, 2.75) is 5.16 Å². The molecule has 13 heavy (non-hydrogen) atoms. The highest BCUT2D eigenvalue weighted by atomic mass is 35.5. The fourth-order valence-corrected chi connectivity index (χ4v) is 1.99. The smallest absolute Gasteiger partial charge is 0.190 e. The van der Waals surface area contributed by atoms with Gasteiger partial charge in [0.15, 0.2) is 5.16 Å². The number of aromatic amines is 1. The van der Waals surface area contributed by atoms with Crippen LogP contribution >= 0.6 is 35.0 Å². The lowest BCUT2D eigenvalue weighted by Crippen LogP contribution is -1.87. The largest absolute Gasteiger partial charge is 0.344 e. The summed E-state index contributed by atoms with van der Waals surface area (Å²) in [4.78, 5) is 11.2. The molecule has 0 unspecified atom stereocenters. The average molecular weight is 234 g/mol. The summed E-state index contributed by atoms with van der Waals surface area (Å²) in [5, 5.41) is 2.26. The lowest BCUT2D eigenvalue weighted by Gasteiger charge is -1.97. The minimum Gasteiger partial charge on any atom is -0.344 e. The van der Waals surface area contributed by atoms with E-state index in [0.29, 0.717) is 26.4 Å². The van der Waals surface area contributed by atoms with Crippen molar-refractivity contribution in [3.05, 3.63) is 16.4 Å². The number of halogens is 2. The first-order valence-electron chi connectivity index (χ1n) is 3.46. The van der Waals surface area contributed by atoms with E-state index in [2.05, 4.69) is 15.0 Å². The normalized spacial score (nSPS) is 11.0. The van der Waals surface area contributed by atoms with E-state index in [-0.39, 0.29) is 0 Å². The number of nitrogens with one attached hydrogen (secondary N) is 1. The number of fused-ring (bicyclic) bond motifs is 1. The van der Waals surface area contributed by atoms with Gasteiger partial charge in [0.1, 0.15) is 10.8 Å². The predicted molar refractivity (Wildman–Crippen MR) is 55.7 cm³/mol. The van der Waals surface area contributed by atoms with E-state index < -0.39 is 0 Å². The zero-order chi connectivity index (χ0) is 9.42. The Hall–Kier alpha value is -0.450. The highest BCUT2D eigenvalue weighted by molar-refractivity contribution is 7.98. The van der Waals surface area contributed by atoms with Crippen molar-refractivity contribution in [3.8, 4) is 0 Å². The summed E-state index contributed by atoms with van der Waals surface area (Å²) in [6.07, 6.45) is 3.54. The van der Waals surface area contributed by atoms with Crippen LogP contribution in [0.15, 0.2) is 11.4 Å². The van der Waals surface area contributed by atoms with E-state index in [9.17, 15) is 0 Å². The Balaban J connectivity index is 2.79.